The third-order valence-corrected chi connectivity index (χ3v) is 8.28. The highest BCUT2D eigenvalue weighted by molar-refractivity contribution is 5.26. The second kappa shape index (κ2) is 13.8. The fourth-order valence-corrected chi connectivity index (χ4v) is 6.23. The first-order valence-electron chi connectivity index (χ1n) is 13.4. The summed E-state index contributed by atoms with van der Waals surface area (Å²) >= 11 is 0. The molecule has 170 valence electrons. The standard InChI is InChI=1S/C30H45N/c1-2-3-4-5-7-10-25-12-16-27(17-13-25)29-20-22-30(23-21-29)28-18-14-26(15-19-28)11-8-6-9-24-31/h6,9,12-13,16-17,26,28-30H,2-5,7-8,10-11,14-15,18-23H2,1H3. The maximum Gasteiger partial charge on any atom is 0.0908 e. The molecule has 2 saturated carbocycles. The number of allylic oxidation sites excluding steroid dienone is 2. The Balaban J connectivity index is 1.34. The molecule has 1 aromatic carbocycles. The molecule has 1 aromatic rings. The van der Waals surface area contributed by atoms with Crippen LogP contribution >= 0.6 is 0 Å². The van der Waals surface area contributed by atoms with E-state index in [0.717, 1.165) is 30.1 Å². The van der Waals surface area contributed by atoms with Crippen LogP contribution in [-0.4, -0.2) is 0 Å². The smallest absolute Gasteiger partial charge is 0.0908 e. The van der Waals surface area contributed by atoms with E-state index in [9.17, 15) is 0 Å². The number of nitrogens with zero attached hydrogens (tertiary/aromatic N) is 1. The highest BCUT2D eigenvalue weighted by atomic mass is 14.4. The van der Waals surface area contributed by atoms with Crippen LogP contribution in [-0.2, 0) is 6.42 Å². The third kappa shape index (κ3) is 8.14. The molecule has 0 aliphatic heterocycles. The monoisotopic (exact) mass is 419 g/mol. The van der Waals surface area contributed by atoms with Gasteiger partial charge in [0, 0.05) is 6.08 Å². The van der Waals surface area contributed by atoms with Gasteiger partial charge < -0.3 is 0 Å². The molecular weight excluding hydrogens is 374 g/mol. The molecule has 0 heterocycles. The lowest BCUT2D eigenvalue weighted by Gasteiger charge is -2.38. The van der Waals surface area contributed by atoms with E-state index in [0.29, 0.717) is 0 Å². The summed E-state index contributed by atoms with van der Waals surface area (Å²) in [6, 6.07) is 11.8. The fourth-order valence-electron chi connectivity index (χ4n) is 6.23. The first-order chi connectivity index (χ1) is 15.3. The zero-order valence-electron chi connectivity index (χ0n) is 20.0. The molecular formula is C30H45N. The van der Waals surface area contributed by atoms with Crippen molar-refractivity contribution in [3.05, 3.63) is 47.5 Å². The minimum atomic E-state index is 0.804. The van der Waals surface area contributed by atoms with Gasteiger partial charge in [-0.15, -0.1) is 0 Å². The van der Waals surface area contributed by atoms with Gasteiger partial charge in [0.05, 0.1) is 6.07 Å². The van der Waals surface area contributed by atoms with Crippen LogP contribution in [0.25, 0.3) is 0 Å². The Hall–Kier alpha value is -1.55. The molecule has 0 aromatic heterocycles. The van der Waals surface area contributed by atoms with Crippen LogP contribution in [0.5, 0.6) is 0 Å². The Morgan fingerprint density at radius 1 is 0.839 bits per heavy atom. The van der Waals surface area contributed by atoms with Crippen LogP contribution in [0.15, 0.2) is 36.4 Å². The molecule has 2 fully saturated rings. The Bertz CT molecular complexity index is 663. The normalized spacial score (nSPS) is 26.7. The first-order valence-corrected chi connectivity index (χ1v) is 13.4. The average Bonchev–Trinajstić information content (AvgIpc) is 2.83. The van der Waals surface area contributed by atoms with Gasteiger partial charge in [-0.05, 0) is 99.0 Å². The van der Waals surface area contributed by atoms with Crippen LogP contribution in [0, 0.1) is 29.1 Å². The van der Waals surface area contributed by atoms with Gasteiger partial charge in [-0.3, -0.25) is 0 Å². The molecule has 0 spiro atoms. The molecule has 1 nitrogen and oxygen atoms in total. The highest BCUT2D eigenvalue weighted by Gasteiger charge is 2.31. The number of unbranched alkanes of at least 4 members (excludes halogenated alkanes) is 4. The number of hydrogen-bond acceptors (Lipinski definition) is 1. The molecule has 0 bridgehead atoms. The summed E-state index contributed by atoms with van der Waals surface area (Å²) < 4.78 is 0. The molecule has 0 saturated heterocycles. The lowest BCUT2D eigenvalue weighted by Crippen LogP contribution is -2.25. The molecule has 2 aliphatic rings. The van der Waals surface area contributed by atoms with E-state index in [4.69, 9.17) is 5.26 Å². The molecule has 0 radical (unpaired) electrons. The van der Waals surface area contributed by atoms with Gasteiger partial charge in [-0.2, -0.15) is 5.26 Å². The van der Waals surface area contributed by atoms with Gasteiger partial charge in [0.2, 0.25) is 0 Å². The maximum absolute atomic E-state index is 8.60. The van der Waals surface area contributed by atoms with Crippen molar-refractivity contribution < 1.29 is 0 Å². The predicted molar refractivity (Wildman–Crippen MR) is 133 cm³/mol. The minimum Gasteiger partial charge on any atom is -0.193 e. The minimum absolute atomic E-state index is 0.804. The van der Waals surface area contributed by atoms with Crippen molar-refractivity contribution >= 4 is 0 Å². The van der Waals surface area contributed by atoms with Crippen molar-refractivity contribution in [2.24, 2.45) is 17.8 Å². The van der Waals surface area contributed by atoms with E-state index >= 15 is 0 Å². The highest BCUT2D eigenvalue weighted by Crippen LogP contribution is 2.44. The second-order valence-corrected chi connectivity index (χ2v) is 10.4. The summed E-state index contributed by atoms with van der Waals surface area (Å²) in [5.41, 5.74) is 3.14. The molecule has 0 amide bonds. The van der Waals surface area contributed by atoms with Gasteiger partial charge in [0.15, 0.2) is 0 Å². The van der Waals surface area contributed by atoms with Gasteiger partial charge in [0.1, 0.15) is 0 Å². The molecule has 31 heavy (non-hydrogen) atoms. The van der Waals surface area contributed by atoms with Crippen molar-refractivity contribution in [1.82, 2.24) is 0 Å². The van der Waals surface area contributed by atoms with E-state index < -0.39 is 0 Å². The van der Waals surface area contributed by atoms with Crippen molar-refractivity contribution in [3.63, 3.8) is 0 Å². The first kappa shape index (κ1) is 24.1. The zero-order chi connectivity index (χ0) is 21.7. The number of benzene rings is 1. The summed E-state index contributed by atoms with van der Waals surface area (Å²) in [4.78, 5) is 0. The Kier molecular flexibility index (Phi) is 10.7. The Labute approximate surface area is 192 Å². The predicted octanol–water partition coefficient (Wildman–Crippen LogP) is 9.14. The van der Waals surface area contributed by atoms with Gasteiger partial charge in [-0.1, -0.05) is 75.8 Å². The largest absolute Gasteiger partial charge is 0.193 e. The van der Waals surface area contributed by atoms with E-state index in [1.165, 1.54) is 102 Å². The lowest BCUT2D eigenvalue weighted by atomic mass is 9.68. The van der Waals surface area contributed by atoms with Crippen LogP contribution in [0.1, 0.15) is 120 Å². The summed E-state index contributed by atoms with van der Waals surface area (Å²) in [6.45, 7) is 2.29. The van der Waals surface area contributed by atoms with Gasteiger partial charge in [0.25, 0.3) is 0 Å². The van der Waals surface area contributed by atoms with E-state index in [2.05, 4.69) is 37.3 Å². The third-order valence-electron chi connectivity index (χ3n) is 8.28. The van der Waals surface area contributed by atoms with Crippen molar-refractivity contribution in [1.29, 1.82) is 5.26 Å². The lowest BCUT2D eigenvalue weighted by molar-refractivity contribution is 0.157. The van der Waals surface area contributed by atoms with E-state index in [-0.39, 0.29) is 0 Å². The van der Waals surface area contributed by atoms with E-state index in [1.54, 1.807) is 11.6 Å². The summed E-state index contributed by atoms with van der Waals surface area (Å²) in [6.07, 6.45) is 25.6. The molecule has 0 atom stereocenters. The van der Waals surface area contributed by atoms with Crippen molar-refractivity contribution in [3.8, 4) is 6.07 Å². The molecule has 2 aliphatic carbocycles. The van der Waals surface area contributed by atoms with Crippen LogP contribution in [0.4, 0.5) is 0 Å². The molecule has 0 unspecified atom stereocenters. The summed E-state index contributed by atoms with van der Waals surface area (Å²) in [5, 5.41) is 8.60. The summed E-state index contributed by atoms with van der Waals surface area (Å²) in [7, 11) is 0. The second-order valence-electron chi connectivity index (χ2n) is 10.4. The number of nitriles is 1. The number of aryl methyl sites for hydroxylation is 1. The fraction of sp³-hybridized carbons (Fsp3) is 0.700. The van der Waals surface area contributed by atoms with Gasteiger partial charge >= 0.3 is 0 Å². The number of hydrogen-bond donors (Lipinski definition) is 0. The molecule has 0 N–H and O–H groups in total. The van der Waals surface area contributed by atoms with Crippen molar-refractivity contribution in [2.75, 3.05) is 0 Å². The van der Waals surface area contributed by atoms with Crippen LogP contribution in [0.3, 0.4) is 0 Å². The Morgan fingerprint density at radius 2 is 1.48 bits per heavy atom. The average molecular weight is 420 g/mol. The van der Waals surface area contributed by atoms with Crippen molar-refractivity contribution in [2.45, 2.75) is 116 Å². The van der Waals surface area contributed by atoms with E-state index in [1.807, 2.05) is 6.08 Å². The number of rotatable bonds is 11. The van der Waals surface area contributed by atoms with Crippen LogP contribution in [0.2, 0.25) is 0 Å². The van der Waals surface area contributed by atoms with Gasteiger partial charge in [-0.25, -0.2) is 0 Å². The molecule has 1 heteroatoms. The SMILES string of the molecule is CCCCCCCc1ccc(C2CCC(C3CCC(CCC=CC#N)CC3)CC2)cc1. The zero-order valence-corrected chi connectivity index (χ0v) is 20.0. The Morgan fingerprint density at radius 3 is 2.13 bits per heavy atom. The quantitative estimate of drug-likeness (QED) is 0.259. The maximum atomic E-state index is 8.60. The summed E-state index contributed by atoms with van der Waals surface area (Å²) in [5.74, 6) is 3.68. The topological polar surface area (TPSA) is 23.8 Å². The van der Waals surface area contributed by atoms with Crippen LogP contribution < -0.4 is 0 Å². The molecule has 3 rings (SSSR count).